The summed E-state index contributed by atoms with van der Waals surface area (Å²) in [6.07, 6.45) is 0. The molecular formula is C7H15N2O3+. The average molecular weight is 175 g/mol. The second kappa shape index (κ2) is 3.38. The van der Waals surface area contributed by atoms with Gasteiger partial charge in [-0.2, -0.15) is 4.65 Å². The predicted octanol–water partition coefficient (Wildman–Crippen LogP) is -0.778. The zero-order chi connectivity index (χ0) is 9.19. The van der Waals surface area contributed by atoms with Crippen LogP contribution < -0.4 is 0 Å². The SMILES string of the molecule is C[N+]1(O)CCN(CC(=O)O)CC1. The lowest BCUT2D eigenvalue weighted by molar-refractivity contribution is -1.09. The van der Waals surface area contributed by atoms with Crippen molar-refractivity contribution < 1.29 is 19.8 Å². The van der Waals surface area contributed by atoms with E-state index in [0.717, 1.165) is 0 Å². The molecule has 0 aromatic rings. The number of carbonyl (C=O) groups is 1. The molecule has 0 unspecified atom stereocenters. The summed E-state index contributed by atoms with van der Waals surface area (Å²) in [7, 11) is 1.73. The summed E-state index contributed by atoms with van der Waals surface area (Å²) in [5.74, 6) is -0.802. The molecular weight excluding hydrogens is 160 g/mol. The van der Waals surface area contributed by atoms with Crippen LogP contribution in [0, 0.1) is 0 Å². The van der Waals surface area contributed by atoms with Crippen molar-refractivity contribution in [2.24, 2.45) is 0 Å². The number of nitrogens with zero attached hydrogens (tertiary/aromatic N) is 2. The second-order valence-corrected chi connectivity index (χ2v) is 3.46. The van der Waals surface area contributed by atoms with Gasteiger partial charge in [-0.05, 0) is 0 Å². The predicted molar refractivity (Wildman–Crippen MR) is 41.8 cm³/mol. The molecule has 0 amide bonds. The highest BCUT2D eigenvalue weighted by atomic mass is 16.5. The van der Waals surface area contributed by atoms with Gasteiger partial charge in [0.05, 0.1) is 26.7 Å². The molecule has 1 heterocycles. The molecule has 0 aromatic heterocycles. The van der Waals surface area contributed by atoms with Crippen molar-refractivity contribution in [3.8, 4) is 0 Å². The third-order valence-electron chi connectivity index (χ3n) is 2.15. The number of piperazine rings is 1. The fourth-order valence-electron chi connectivity index (χ4n) is 1.29. The van der Waals surface area contributed by atoms with Crippen LogP contribution in [0.1, 0.15) is 0 Å². The van der Waals surface area contributed by atoms with Crippen molar-refractivity contribution in [3.63, 3.8) is 0 Å². The Morgan fingerprint density at radius 2 is 2.00 bits per heavy atom. The number of hydrogen-bond donors (Lipinski definition) is 2. The first-order chi connectivity index (χ1) is 5.49. The lowest BCUT2D eigenvalue weighted by atomic mass is 10.3. The minimum absolute atomic E-state index is 0.0100. The molecule has 0 bridgehead atoms. The van der Waals surface area contributed by atoms with Crippen molar-refractivity contribution in [1.29, 1.82) is 0 Å². The van der Waals surface area contributed by atoms with Crippen LogP contribution >= 0.6 is 0 Å². The minimum atomic E-state index is -0.802. The normalized spacial score (nSPS) is 23.8. The summed E-state index contributed by atoms with van der Waals surface area (Å²) >= 11 is 0. The fourth-order valence-corrected chi connectivity index (χ4v) is 1.29. The van der Waals surface area contributed by atoms with E-state index in [-0.39, 0.29) is 11.2 Å². The van der Waals surface area contributed by atoms with E-state index in [1.807, 2.05) is 4.90 Å². The van der Waals surface area contributed by atoms with Crippen molar-refractivity contribution in [3.05, 3.63) is 0 Å². The third kappa shape index (κ3) is 2.77. The van der Waals surface area contributed by atoms with E-state index in [2.05, 4.69) is 0 Å². The molecule has 0 atom stereocenters. The largest absolute Gasteiger partial charge is 0.480 e. The molecule has 0 aliphatic carbocycles. The molecule has 5 heteroatoms. The first-order valence-corrected chi connectivity index (χ1v) is 4.01. The Morgan fingerprint density at radius 1 is 1.50 bits per heavy atom. The first kappa shape index (κ1) is 9.44. The summed E-state index contributed by atoms with van der Waals surface area (Å²) in [6.45, 7) is 2.60. The Hall–Kier alpha value is -0.650. The van der Waals surface area contributed by atoms with E-state index in [0.29, 0.717) is 26.2 Å². The maximum atomic E-state index is 10.3. The number of carboxylic acid groups (broad SMARTS) is 1. The molecule has 12 heavy (non-hydrogen) atoms. The molecule has 70 valence electrons. The van der Waals surface area contributed by atoms with Gasteiger partial charge in [-0.25, -0.2) is 5.21 Å². The third-order valence-corrected chi connectivity index (χ3v) is 2.15. The van der Waals surface area contributed by atoms with Gasteiger partial charge in [0.2, 0.25) is 0 Å². The molecule has 1 rings (SSSR count). The van der Waals surface area contributed by atoms with Crippen LogP contribution in [0.5, 0.6) is 0 Å². The van der Waals surface area contributed by atoms with Gasteiger partial charge in [0.1, 0.15) is 13.1 Å². The summed E-state index contributed by atoms with van der Waals surface area (Å²) < 4.78 is 0.0100. The molecule has 0 radical (unpaired) electrons. The molecule has 0 spiro atoms. The van der Waals surface area contributed by atoms with Crippen molar-refractivity contribution in [1.82, 2.24) is 4.90 Å². The Labute approximate surface area is 71.4 Å². The molecule has 1 aliphatic heterocycles. The van der Waals surface area contributed by atoms with Gasteiger partial charge in [0, 0.05) is 0 Å². The van der Waals surface area contributed by atoms with E-state index >= 15 is 0 Å². The number of carboxylic acids is 1. The van der Waals surface area contributed by atoms with Crippen molar-refractivity contribution in [2.45, 2.75) is 0 Å². The lowest BCUT2D eigenvalue weighted by Gasteiger charge is -2.34. The highest BCUT2D eigenvalue weighted by Crippen LogP contribution is 2.04. The molecule has 1 aliphatic rings. The minimum Gasteiger partial charge on any atom is -0.480 e. The number of likely N-dealkylation sites (N-methyl/N-ethyl adjacent to an activating group) is 1. The zero-order valence-corrected chi connectivity index (χ0v) is 7.23. The summed E-state index contributed by atoms with van der Waals surface area (Å²) in [5.41, 5.74) is 0. The van der Waals surface area contributed by atoms with E-state index in [1.54, 1.807) is 7.05 Å². The van der Waals surface area contributed by atoms with E-state index < -0.39 is 5.97 Å². The van der Waals surface area contributed by atoms with Crippen LogP contribution in [0.4, 0.5) is 0 Å². The molecule has 5 nitrogen and oxygen atoms in total. The number of aliphatic carboxylic acids is 1. The standard InChI is InChI=1S/C7H14N2O3/c1-9(12)4-2-8(3-5-9)6-7(10)11/h12H,2-6H2,1H3/p+1. The maximum absolute atomic E-state index is 10.3. The number of quaternary nitrogens is 1. The maximum Gasteiger partial charge on any atom is 0.317 e. The van der Waals surface area contributed by atoms with Gasteiger partial charge in [-0.3, -0.25) is 9.69 Å². The van der Waals surface area contributed by atoms with E-state index in [4.69, 9.17) is 5.11 Å². The fraction of sp³-hybridized carbons (Fsp3) is 0.857. The van der Waals surface area contributed by atoms with Crippen molar-refractivity contribution in [2.75, 3.05) is 39.8 Å². The molecule has 1 saturated heterocycles. The highest BCUT2D eigenvalue weighted by Gasteiger charge is 2.27. The summed E-state index contributed by atoms with van der Waals surface area (Å²) in [5, 5.41) is 18.0. The van der Waals surface area contributed by atoms with Gasteiger partial charge >= 0.3 is 5.97 Å². The van der Waals surface area contributed by atoms with Crippen LogP contribution in [0.25, 0.3) is 0 Å². The Kier molecular flexibility index (Phi) is 2.66. The Balaban J connectivity index is 2.31. The quantitative estimate of drug-likeness (QED) is 0.541. The summed E-state index contributed by atoms with van der Waals surface area (Å²) in [6, 6.07) is 0. The Morgan fingerprint density at radius 3 is 2.42 bits per heavy atom. The number of hydrogen-bond acceptors (Lipinski definition) is 3. The smallest absolute Gasteiger partial charge is 0.317 e. The van der Waals surface area contributed by atoms with Crippen LogP contribution in [-0.2, 0) is 4.79 Å². The van der Waals surface area contributed by atoms with E-state index in [1.165, 1.54) is 0 Å². The molecule has 1 fully saturated rings. The van der Waals surface area contributed by atoms with Crippen LogP contribution in [-0.4, -0.2) is 65.6 Å². The average Bonchev–Trinajstić information content (AvgIpc) is 1.93. The topological polar surface area (TPSA) is 60.8 Å². The van der Waals surface area contributed by atoms with E-state index in [9.17, 15) is 10.0 Å². The van der Waals surface area contributed by atoms with Gasteiger partial charge in [0.25, 0.3) is 0 Å². The Bertz CT molecular complexity index is 171. The first-order valence-electron chi connectivity index (χ1n) is 4.01. The van der Waals surface area contributed by atoms with Crippen molar-refractivity contribution >= 4 is 5.97 Å². The van der Waals surface area contributed by atoms with Gasteiger partial charge in [-0.1, -0.05) is 0 Å². The second-order valence-electron chi connectivity index (χ2n) is 3.46. The van der Waals surface area contributed by atoms with Crippen LogP contribution in [0.2, 0.25) is 0 Å². The van der Waals surface area contributed by atoms with Gasteiger partial charge < -0.3 is 5.11 Å². The van der Waals surface area contributed by atoms with Gasteiger partial charge in [0.15, 0.2) is 0 Å². The number of hydroxylamine groups is 3. The molecule has 0 saturated carbocycles. The van der Waals surface area contributed by atoms with Gasteiger partial charge in [-0.15, -0.1) is 0 Å². The lowest BCUT2D eigenvalue weighted by Crippen LogP contribution is -2.55. The summed E-state index contributed by atoms with van der Waals surface area (Å²) in [4.78, 5) is 12.2. The molecule has 0 aromatic carbocycles. The number of rotatable bonds is 2. The monoisotopic (exact) mass is 175 g/mol. The van der Waals surface area contributed by atoms with Crippen LogP contribution in [0.15, 0.2) is 0 Å². The zero-order valence-electron chi connectivity index (χ0n) is 7.23. The van der Waals surface area contributed by atoms with Crippen LogP contribution in [0.3, 0.4) is 0 Å². The molecule has 2 N–H and O–H groups in total. The highest BCUT2D eigenvalue weighted by molar-refractivity contribution is 5.69.